The molecule has 12 heavy (non-hydrogen) atoms. The molecule has 1 atom stereocenters. The molecule has 0 saturated heterocycles. The van der Waals surface area contributed by atoms with Gasteiger partial charge in [-0.25, -0.2) is 0 Å². The number of rotatable bonds is 2. The topological polar surface area (TPSA) is 47.9 Å². The van der Waals surface area contributed by atoms with Gasteiger partial charge in [-0.05, 0) is 16.6 Å². The monoisotopic (exact) mass is 183 g/mol. The van der Waals surface area contributed by atoms with Crippen molar-refractivity contribution in [2.24, 2.45) is 5.16 Å². The molecule has 0 N–H and O–H groups in total. The summed E-state index contributed by atoms with van der Waals surface area (Å²) in [6, 6.07) is 3.72. The molecule has 0 bridgehead atoms. The van der Waals surface area contributed by atoms with E-state index in [2.05, 4.69) is 9.99 Å². The SMILES string of the molecule is O=CC1ON=C(c2cccs2)O1. The Balaban J connectivity index is 2.14. The van der Waals surface area contributed by atoms with Crippen LogP contribution in [0.1, 0.15) is 4.88 Å². The van der Waals surface area contributed by atoms with Crippen LogP contribution < -0.4 is 0 Å². The highest BCUT2D eigenvalue weighted by Gasteiger charge is 2.22. The Labute approximate surface area is 72.4 Å². The summed E-state index contributed by atoms with van der Waals surface area (Å²) in [6.45, 7) is 0. The first-order valence-electron chi connectivity index (χ1n) is 3.30. The predicted octanol–water partition coefficient (Wildman–Crippen LogP) is 0.982. The first-order valence-corrected chi connectivity index (χ1v) is 4.18. The lowest BCUT2D eigenvalue weighted by atomic mass is 10.5. The zero-order valence-corrected chi connectivity index (χ0v) is 6.78. The summed E-state index contributed by atoms with van der Waals surface area (Å²) in [5.74, 6) is 0.377. The molecule has 5 heteroatoms. The maximum Gasteiger partial charge on any atom is 0.323 e. The molecular formula is C7H5NO3S. The second kappa shape index (κ2) is 2.94. The van der Waals surface area contributed by atoms with Crippen molar-refractivity contribution in [2.45, 2.75) is 6.29 Å². The van der Waals surface area contributed by atoms with Crippen LogP contribution in [0.2, 0.25) is 0 Å². The number of carbonyl (C=O) groups excluding carboxylic acids is 1. The average Bonchev–Trinajstić information content (AvgIpc) is 2.75. The molecule has 62 valence electrons. The van der Waals surface area contributed by atoms with Gasteiger partial charge in [0.1, 0.15) is 0 Å². The number of ether oxygens (including phenoxy) is 1. The van der Waals surface area contributed by atoms with Crippen molar-refractivity contribution in [3.05, 3.63) is 22.4 Å². The summed E-state index contributed by atoms with van der Waals surface area (Å²) in [5, 5.41) is 5.50. The van der Waals surface area contributed by atoms with Crippen molar-refractivity contribution in [3.8, 4) is 0 Å². The van der Waals surface area contributed by atoms with E-state index in [-0.39, 0.29) is 0 Å². The summed E-state index contributed by atoms with van der Waals surface area (Å²) in [7, 11) is 0. The van der Waals surface area contributed by atoms with Crippen LogP contribution in [0.5, 0.6) is 0 Å². The maximum absolute atomic E-state index is 10.2. The summed E-state index contributed by atoms with van der Waals surface area (Å²) in [6.07, 6.45) is -0.313. The van der Waals surface area contributed by atoms with E-state index in [1.54, 1.807) is 0 Å². The highest BCUT2D eigenvalue weighted by molar-refractivity contribution is 7.12. The van der Waals surface area contributed by atoms with E-state index < -0.39 is 6.29 Å². The first kappa shape index (κ1) is 7.30. The first-order chi connectivity index (χ1) is 5.90. The van der Waals surface area contributed by atoms with Gasteiger partial charge in [0.05, 0.1) is 4.88 Å². The molecule has 1 aliphatic rings. The predicted molar refractivity (Wildman–Crippen MR) is 42.9 cm³/mol. The normalized spacial score (nSPS) is 21.0. The lowest BCUT2D eigenvalue weighted by Gasteiger charge is -1.98. The molecule has 1 aromatic heterocycles. The number of hydrogen-bond donors (Lipinski definition) is 0. The van der Waals surface area contributed by atoms with Gasteiger partial charge in [0.25, 0.3) is 5.90 Å². The molecule has 2 heterocycles. The van der Waals surface area contributed by atoms with Crippen LogP contribution in [-0.4, -0.2) is 18.5 Å². The number of thiophene rings is 1. The Bertz CT molecular complexity index is 306. The zero-order valence-electron chi connectivity index (χ0n) is 5.97. The highest BCUT2D eigenvalue weighted by atomic mass is 32.1. The lowest BCUT2D eigenvalue weighted by Crippen LogP contribution is -2.12. The van der Waals surface area contributed by atoms with Crippen LogP contribution in [0, 0.1) is 0 Å². The van der Waals surface area contributed by atoms with Gasteiger partial charge in [0.15, 0.2) is 0 Å². The Hall–Kier alpha value is -1.36. The third kappa shape index (κ3) is 1.18. The van der Waals surface area contributed by atoms with Crippen molar-refractivity contribution >= 4 is 23.5 Å². The molecule has 0 saturated carbocycles. The Morgan fingerprint density at radius 3 is 3.17 bits per heavy atom. The molecule has 0 spiro atoms. The van der Waals surface area contributed by atoms with E-state index in [1.807, 2.05) is 17.5 Å². The number of aldehydes is 1. The Kier molecular flexibility index (Phi) is 1.79. The molecule has 1 unspecified atom stereocenters. The van der Waals surface area contributed by atoms with Crippen LogP contribution in [-0.2, 0) is 14.4 Å². The number of oxime groups is 1. The van der Waals surface area contributed by atoms with Gasteiger partial charge in [-0.3, -0.25) is 4.79 Å². The van der Waals surface area contributed by atoms with E-state index in [0.29, 0.717) is 12.2 Å². The summed E-state index contributed by atoms with van der Waals surface area (Å²) < 4.78 is 5.03. The van der Waals surface area contributed by atoms with E-state index in [0.717, 1.165) is 4.88 Å². The zero-order chi connectivity index (χ0) is 8.39. The van der Waals surface area contributed by atoms with Crippen LogP contribution in [0.25, 0.3) is 0 Å². The Morgan fingerprint density at radius 2 is 2.58 bits per heavy atom. The highest BCUT2D eigenvalue weighted by Crippen LogP contribution is 2.16. The van der Waals surface area contributed by atoms with E-state index in [4.69, 9.17) is 4.74 Å². The average molecular weight is 183 g/mol. The van der Waals surface area contributed by atoms with E-state index in [1.165, 1.54) is 11.3 Å². The van der Waals surface area contributed by atoms with Gasteiger partial charge in [0.2, 0.25) is 6.29 Å². The van der Waals surface area contributed by atoms with Crippen molar-refractivity contribution < 1.29 is 14.4 Å². The second-order valence-electron chi connectivity index (χ2n) is 2.10. The minimum Gasteiger partial charge on any atom is -0.425 e. The molecule has 0 fully saturated rings. The van der Waals surface area contributed by atoms with Gasteiger partial charge in [-0.15, -0.1) is 11.3 Å². The molecule has 0 radical (unpaired) electrons. The quantitative estimate of drug-likeness (QED) is 0.642. The number of nitrogens with zero attached hydrogens (tertiary/aromatic N) is 1. The lowest BCUT2D eigenvalue weighted by molar-refractivity contribution is -0.131. The van der Waals surface area contributed by atoms with Gasteiger partial charge >= 0.3 is 6.29 Å². The fourth-order valence-corrected chi connectivity index (χ4v) is 1.46. The number of carbonyl (C=O) groups is 1. The van der Waals surface area contributed by atoms with Crippen LogP contribution in [0.3, 0.4) is 0 Å². The van der Waals surface area contributed by atoms with Crippen LogP contribution in [0.4, 0.5) is 0 Å². The summed E-state index contributed by atoms with van der Waals surface area (Å²) in [4.78, 5) is 15.7. The third-order valence-electron chi connectivity index (χ3n) is 1.31. The smallest absolute Gasteiger partial charge is 0.323 e. The molecular weight excluding hydrogens is 178 g/mol. The minimum absolute atomic E-state index is 0.377. The van der Waals surface area contributed by atoms with Crippen molar-refractivity contribution in [1.82, 2.24) is 0 Å². The molecule has 1 aliphatic heterocycles. The van der Waals surface area contributed by atoms with Crippen molar-refractivity contribution in [3.63, 3.8) is 0 Å². The van der Waals surface area contributed by atoms with E-state index in [9.17, 15) is 4.79 Å². The minimum atomic E-state index is -0.873. The summed E-state index contributed by atoms with van der Waals surface area (Å²) >= 11 is 1.48. The van der Waals surface area contributed by atoms with Gasteiger partial charge in [0, 0.05) is 0 Å². The molecule has 1 aromatic rings. The number of hydrogen-bond acceptors (Lipinski definition) is 5. The fraction of sp³-hybridized carbons (Fsp3) is 0.143. The molecule has 2 rings (SSSR count). The Morgan fingerprint density at radius 1 is 1.67 bits per heavy atom. The van der Waals surface area contributed by atoms with Gasteiger partial charge in [-0.2, -0.15) is 0 Å². The second-order valence-corrected chi connectivity index (χ2v) is 3.05. The standard InChI is InChI=1S/C7H5NO3S/c9-4-6-10-7(8-11-6)5-2-1-3-12-5/h1-4,6H. The molecule has 0 aromatic carbocycles. The third-order valence-corrected chi connectivity index (χ3v) is 2.17. The van der Waals surface area contributed by atoms with Crippen LogP contribution >= 0.6 is 11.3 Å². The largest absolute Gasteiger partial charge is 0.425 e. The van der Waals surface area contributed by atoms with Crippen LogP contribution in [0.15, 0.2) is 22.7 Å². The van der Waals surface area contributed by atoms with Crippen molar-refractivity contribution in [1.29, 1.82) is 0 Å². The van der Waals surface area contributed by atoms with Gasteiger partial charge < -0.3 is 9.57 Å². The van der Waals surface area contributed by atoms with Gasteiger partial charge in [-0.1, -0.05) is 6.07 Å². The summed E-state index contributed by atoms with van der Waals surface area (Å²) in [5.41, 5.74) is 0. The maximum atomic E-state index is 10.2. The molecule has 4 nitrogen and oxygen atoms in total. The van der Waals surface area contributed by atoms with Crippen molar-refractivity contribution in [2.75, 3.05) is 0 Å². The van der Waals surface area contributed by atoms with E-state index >= 15 is 0 Å². The molecule has 0 aliphatic carbocycles. The molecule has 0 amide bonds. The fourth-order valence-electron chi connectivity index (χ4n) is 0.809.